The van der Waals surface area contributed by atoms with Gasteiger partial charge in [0, 0.05) is 17.6 Å². The van der Waals surface area contributed by atoms with Crippen LogP contribution < -0.4 is 15.4 Å². The number of methoxy groups -OCH3 is 1. The first kappa shape index (κ1) is 18.5. The van der Waals surface area contributed by atoms with Gasteiger partial charge >= 0.3 is 6.18 Å². The average Bonchev–Trinajstić information content (AvgIpc) is 2.61. The van der Waals surface area contributed by atoms with Crippen LogP contribution in [0.4, 0.5) is 36.3 Å². The zero-order valence-corrected chi connectivity index (χ0v) is 14.6. The van der Waals surface area contributed by atoms with Gasteiger partial charge in [0.2, 0.25) is 5.95 Å². The number of aryl methyl sites for hydroxylation is 1. The molecule has 0 spiro atoms. The summed E-state index contributed by atoms with van der Waals surface area (Å²) in [5.41, 5.74) is 1.18. The summed E-state index contributed by atoms with van der Waals surface area (Å²) in [6, 6.07) is 13.9. The Hall–Kier alpha value is -3.29. The summed E-state index contributed by atoms with van der Waals surface area (Å²) in [6.07, 6.45) is -3.83. The van der Waals surface area contributed by atoms with Crippen LogP contribution in [0, 0.1) is 6.92 Å². The van der Waals surface area contributed by atoms with Gasteiger partial charge in [-0.15, -0.1) is 0 Å². The maximum atomic E-state index is 13.3. The number of rotatable bonds is 5. The fourth-order valence-electron chi connectivity index (χ4n) is 2.41. The quantitative estimate of drug-likeness (QED) is 0.635. The molecule has 8 heteroatoms. The topological polar surface area (TPSA) is 59.1 Å². The molecule has 2 N–H and O–H groups in total. The predicted molar refractivity (Wildman–Crippen MR) is 97.8 cm³/mol. The number of benzene rings is 2. The van der Waals surface area contributed by atoms with Crippen molar-refractivity contribution in [1.29, 1.82) is 0 Å². The normalized spacial score (nSPS) is 11.1. The van der Waals surface area contributed by atoms with E-state index < -0.39 is 11.7 Å². The molecule has 0 saturated carbocycles. The van der Waals surface area contributed by atoms with Crippen LogP contribution in [0.5, 0.6) is 5.75 Å². The lowest BCUT2D eigenvalue weighted by molar-refractivity contribution is -0.137. The van der Waals surface area contributed by atoms with E-state index in [4.69, 9.17) is 4.74 Å². The lowest BCUT2D eigenvalue weighted by Gasteiger charge is -2.15. The van der Waals surface area contributed by atoms with Crippen LogP contribution in [0.15, 0.2) is 54.7 Å². The van der Waals surface area contributed by atoms with Gasteiger partial charge in [-0.25, -0.2) is 4.98 Å². The summed E-state index contributed by atoms with van der Waals surface area (Å²) in [5.74, 6) is 0.323. The molecule has 2 aromatic carbocycles. The molecule has 0 amide bonds. The molecule has 3 rings (SSSR count). The molecule has 1 heterocycles. The Morgan fingerprint density at radius 1 is 0.963 bits per heavy atom. The third-order valence-electron chi connectivity index (χ3n) is 3.72. The smallest absolute Gasteiger partial charge is 0.421 e. The SMILES string of the molecule is COc1ccc(Nc2nc(Nc3cccc(C)c3)ncc2C(F)(F)F)cc1. The van der Waals surface area contributed by atoms with Crippen LogP contribution in [0.1, 0.15) is 11.1 Å². The molecule has 0 saturated heterocycles. The van der Waals surface area contributed by atoms with Crippen LogP contribution in [-0.2, 0) is 6.18 Å². The first-order valence-electron chi connectivity index (χ1n) is 8.04. The van der Waals surface area contributed by atoms with Crippen LogP contribution in [0.3, 0.4) is 0 Å². The highest BCUT2D eigenvalue weighted by molar-refractivity contribution is 5.63. The minimum atomic E-state index is -4.59. The van der Waals surface area contributed by atoms with Gasteiger partial charge in [0.25, 0.3) is 0 Å². The Morgan fingerprint density at radius 2 is 1.70 bits per heavy atom. The number of hydrogen-bond acceptors (Lipinski definition) is 5. The molecule has 0 aliphatic heterocycles. The number of hydrogen-bond donors (Lipinski definition) is 2. The maximum Gasteiger partial charge on any atom is 0.421 e. The molecule has 1 aromatic heterocycles. The third kappa shape index (κ3) is 4.66. The monoisotopic (exact) mass is 374 g/mol. The van der Waals surface area contributed by atoms with E-state index in [1.54, 1.807) is 30.3 Å². The molecular weight excluding hydrogens is 357 g/mol. The number of halogens is 3. The lowest BCUT2D eigenvalue weighted by atomic mass is 10.2. The van der Waals surface area contributed by atoms with Crippen LogP contribution >= 0.6 is 0 Å². The van der Waals surface area contributed by atoms with Crippen LogP contribution in [0.25, 0.3) is 0 Å². The number of alkyl halides is 3. The largest absolute Gasteiger partial charge is 0.497 e. The average molecular weight is 374 g/mol. The van der Waals surface area contributed by atoms with E-state index in [0.29, 0.717) is 17.1 Å². The molecule has 0 bridgehead atoms. The molecular formula is C19H17F3N4O. The minimum Gasteiger partial charge on any atom is -0.497 e. The van der Waals surface area contributed by atoms with E-state index in [9.17, 15) is 13.2 Å². The predicted octanol–water partition coefficient (Wildman–Crippen LogP) is 5.30. The second kappa shape index (κ2) is 7.53. The van der Waals surface area contributed by atoms with Crippen molar-refractivity contribution in [2.45, 2.75) is 13.1 Å². The zero-order chi connectivity index (χ0) is 19.4. The molecule has 5 nitrogen and oxygen atoms in total. The van der Waals surface area contributed by atoms with Gasteiger partial charge in [0.05, 0.1) is 7.11 Å². The third-order valence-corrected chi connectivity index (χ3v) is 3.72. The highest BCUT2D eigenvalue weighted by atomic mass is 19.4. The number of anilines is 4. The van der Waals surface area contributed by atoms with Crippen molar-refractivity contribution in [1.82, 2.24) is 9.97 Å². The first-order valence-corrected chi connectivity index (χ1v) is 8.04. The van der Waals surface area contributed by atoms with Crippen molar-refractivity contribution in [3.8, 4) is 5.75 Å². The van der Waals surface area contributed by atoms with Gasteiger partial charge in [-0.3, -0.25) is 0 Å². The first-order chi connectivity index (χ1) is 12.8. The van der Waals surface area contributed by atoms with E-state index in [1.165, 1.54) is 7.11 Å². The molecule has 0 atom stereocenters. The van der Waals surface area contributed by atoms with Crippen molar-refractivity contribution in [3.05, 3.63) is 65.9 Å². The standard InChI is InChI=1S/C19H17F3N4O/c1-12-4-3-5-14(10-12)25-18-23-11-16(19(20,21)22)17(26-18)24-13-6-8-15(27-2)9-7-13/h3-11H,1-2H3,(H2,23,24,25,26). The molecule has 0 radical (unpaired) electrons. The van der Waals surface area contributed by atoms with Gasteiger partial charge in [-0.05, 0) is 48.9 Å². The van der Waals surface area contributed by atoms with Gasteiger partial charge < -0.3 is 15.4 Å². The summed E-state index contributed by atoms with van der Waals surface area (Å²) >= 11 is 0. The Balaban J connectivity index is 1.92. The Labute approximate surface area is 154 Å². The molecule has 0 fully saturated rings. The van der Waals surface area contributed by atoms with E-state index in [1.807, 2.05) is 25.1 Å². The Bertz CT molecular complexity index is 927. The summed E-state index contributed by atoms with van der Waals surface area (Å²) in [4.78, 5) is 7.81. The summed E-state index contributed by atoms with van der Waals surface area (Å²) in [6.45, 7) is 1.91. The van der Waals surface area contributed by atoms with Crippen molar-refractivity contribution < 1.29 is 17.9 Å². The molecule has 140 valence electrons. The van der Waals surface area contributed by atoms with Gasteiger partial charge in [0.15, 0.2) is 0 Å². The van der Waals surface area contributed by atoms with Gasteiger partial charge in [-0.2, -0.15) is 18.2 Å². The van der Waals surface area contributed by atoms with Crippen molar-refractivity contribution in [3.63, 3.8) is 0 Å². The fraction of sp³-hybridized carbons (Fsp3) is 0.158. The number of nitrogens with one attached hydrogen (secondary N) is 2. The van der Waals surface area contributed by atoms with Crippen molar-refractivity contribution in [2.24, 2.45) is 0 Å². The molecule has 0 unspecified atom stereocenters. The fourth-order valence-corrected chi connectivity index (χ4v) is 2.41. The van der Waals surface area contributed by atoms with Crippen LogP contribution in [-0.4, -0.2) is 17.1 Å². The lowest BCUT2D eigenvalue weighted by Crippen LogP contribution is -2.12. The van der Waals surface area contributed by atoms with Crippen LogP contribution in [0.2, 0.25) is 0 Å². The highest BCUT2D eigenvalue weighted by Gasteiger charge is 2.35. The minimum absolute atomic E-state index is 0.0598. The van der Waals surface area contributed by atoms with Crippen molar-refractivity contribution >= 4 is 23.1 Å². The Kier molecular flexibility index (Phi) is 5.16. The number of nitrogens with zero attached hydrogens (tertiary/aromatic N) is 2. The van der Waals surface area contributed by atoms with E-state index in [0.717, 1.165) is 11.8 Å². The maximum absolute atomic E-state index is 13.3. The number of aromatic nitrogens is 2. The summed E-state index contributed by atoms with van der Waals surface area (Å²) in [5, 5.41) is 5.62. The van der Waals surface area contributed by atoms with Gasteiger partial charge in [0.1, 0.15) is 17.1 Å². The summed E-state index contributed by atoms with van der Waals surface area (Å²) < 4.78 is 45.0. The second-order valence-electron chi connectivity index (χ2n) is 5.80. The highest BCUT2D eigenvalue weighted by Crippen LogP contribution is 2.35. The Morgan fingerprint density at radius 3 is 2.33 bits per heavy atom. The number of ether oxygens (including phenoxy) is 1. The zero-order valence-electron chi connectivity index (χ0n) is 14.6. The van der Waals surface area contributed by atoms with Gasteiger partial charge in [-0.1, -0.05) is 12.1 Å². The van der Waals surface area contributed by atoms with E-state index >= 15 is 0 Å². The van der Waals surface area contributed by atoms with E-state index in [-0.39, 0.29) is 11.8 Å². The molecule has 27 heavy (non-hydrogen) atoms. The second-order valence-corrected chi connectivity index (χ2v) is 5.80. The van der Waals surface area contributed by atoms with E-state index in [2.05, 4.69) is 20.6 Å². The molecule has 3 aromatic rings. The summed E-state index contributed by atoms with van der Waals surface area (Å²) in [7, 11) is 1.51. The molecule has 0 aliphatic carbocycles. The van der Waals surface area contributed by atoms with Crippen molar-refractivity contribution in [2.75, 3.05) is 17.7 Å². The molecule has 0 aliphatic rings.